The van der Waals surface area contributed by atoms with E-state index in [1.807, 2.05) is 0 Å². The van der Waals surface area contributed by atoms with Crippen LogP contribution in [-0.2, 0) is 14.9 Å². The molecule has 0 atom stereocenters. The molecule has 0 fully saturated rings. The smallest absolute Gasteiger partial charge is 0.421 e. The lowest BCUT2D eigenvalue weighted by atomic mass is 10.2. The maximum Gasteiger partial charge on any atom is 0.421 e. The van der Waals surface area contributed by atoms with Crippen LogP contribution >= 0.6 is 11.6 Å². The third kappa shape index (κ3) is 6.14. The number of amides is 1. The minimum atomic E-state index is -3.78. The van der Waals surface area contributed by atoms with Crippen molar-refractivity contribution in [3.05, 3.63) is 0 Å². The molecule has 0 aliphatic rings. The van der Waals surface area contributed by atoms with Crippen LogP contribution in [0.4, 0.5) is 4.79 Å². The number of nitrogens with zero attached hydrogens (tertiary/aromatic N) is 1. The Morgan fingerprint density at radius 1 is 1.38 bits per heavy atom. The number of hydrogen-bond acceptors (Lipinski definition) is 4. The van der Waals surface area contributed by atoms with E-state index in [1.54, 1.807) is 4.72 Å². The van der Waals surface area contributed by atoms with Crippen LogP contribution in [0, 0.1) is 0 Å². The molecule has 0 spiro atoms. The van der Waals surface area contributed by atoms with Gasteiger partial charge in [-0.3, -0.25) is 0 Å². The summed E-state index contributed by atoms with van der Waals surface area (Å²) < 4.78 is 29.9. The lowest BCUT2D eigenvalue weighted by molar-refractivity contribution is 0.177. The molecule has 6 nitrogen and oxygen atoms in total. The van der Waals surface area contributed by atoms with Crippen molar-refractivity contribution in [3.8, 4) is 0 Å². The van der Waals surface area contributed by atoms with Gasteiger partial charge < -0.3 is 4.74 Å². The SMILES string of the molecule is COC(=O)NS(=O)(=O)N(C)CCCCCCl. The van der Waals surface area contributed by atoms with E-state index in [2.05, 4.69) is 4.74 Å². The van der Waals surface area contributed by atoms with Crippen LogP contribution in [0.3, 0.4) is 0 Å². The van der Waals surface area contributed by atoms with Gasteiger partial charge in [-0.05, 0) is 12.8 Å². The van der Waals surface area contributed by atoms with E-state index in [0.717, 1.165) is 24.3 Å². The molecule has 0 aliphatic carbocycles. The Labute approximate surface area is 101 Å². The van der Waals surface area contributed by atoms with E-state index in [-0.39, 0.29) is 0 Å². The molecule has 0 aromatic rings. The van der Waals surface area contributed by atoms with E-state index in [1.165, 1.54) is 7.05 Å². The van der Waals surface area contributed by atoms with Crippen LogP contribution in [0.2, 0.25) is 0 Å². The molecule has 0 aromatic carbocycles. The molecular weight excluding hydrogens is 256 g/mol. The first kappa shape index (κ1) is 15.5. The number of rotatable bonds is 7. The van der Waals surface area contributed by atoms with Crippen molar-refractivity contribution in [1.82, 2.24) is 9.03 Å². The molecule has 0 aromatic heterocycles. The third-order valence-corrected chi connectivity index (χ3v) is 3.61. The Morgan fingerprint density at radius 2 is 2.00 bits per heavy atom. The molecule has 0 rings (SSSR count). The summed E-state index contributed by atoms with van der Waals surface area (Å²) in [6.45, 7) is 0.337. The molecule has 16 heavy (non-hydrogen) atoms. The highest BCUT2D eigenvalue weighted by atomic mass is 35.5. The monoisotopic (exact) mass is 272 g/mol. The van der Waals surface area contributed by atoms with Gasteiger partial charge in [0.25, 0.3) is 0 Å². The maximum atomic E-state index is 11.5. The normalized spacial score (nSPS) is 11.5. The second-order valence-electron chi connectivity index (χ2n) is 3.17. The van der Waals surface area contributed by atoms with Crippen molar-refractivity contribution in [1.29, 1.82) is 0 Å². The average Bonchev–Trinajstić information content (AvgIpc) is 2.23. The van der Waals surface area contributed by atoms with Crippen molar-refractivity contribution in [3.63, 3.8) is 0 Å². The van der Waals surface area contributed by atoms with Crippen molar-refractivity contribution in [2.24, 2.45) is 0 Å². The first-order chi connectivity index (χ1) is 7.44. The molecule has 1 amide bonds. The van der Waals surface area contributed by atoms with Crippen LogP contribution in [0.5, 0.6) is 0 Å². The van der Waals surface area contributed by atoms with E-state index in [4.69, 9.17) is 11.6 Å². The highest BCUT2D eigenvalue weighted by Gasteiger charge is 2.19. The van der Waals surface area contributed by atoms with Crippen molar-refractivity contribution in [2.45, 2.75) is 19.3 Å². The summed E-state index contributed by atoms with van der Waals surface area (Å²) in [6, 6.07) is 0. The predicted molar refractivity (Wildman–Crippen MR) is 61.7 cm³/mol. The Bertz CT molecular complexity index is 307. The first-order valence-electron chi connectivity index (χ1n) is 4.82. The van der Waals surface area contributed by atoms with Gasteiger partial charge in [-0.1, -0.05) is 6.42 Å². The Kier molecular flexibility index (Phi) is 7.44. The second kappa shape index (κ2) is 7.70. The zero-order valence-electron chi connectivity index (χ0n) is 9.40. The van der Waals surface area contributed by atoms with Gasteiger partial charge in [0.15, 0.2) is 0 Å². The number of nitrogens with one attached hydrogen (secondary N) is 1. The van der Waals surface area contributed by atoms with Crippen molar-refractivity contribution < 1.29 is 17.9 Å². The Hall–Kier alpha value is -0.530. The van der Waals surface area contributed by atoms with E-state index in [9.17, 15) is 13.2 Å². The van der Waals surface area contributed by atoms with Crippen molar-refractivity contribution in [2.75, 3.05) is 26.6 Å². The van der Waals surface area contributed by atoms with E-state index in [0.29, 0.717) is 18.8 Å². The molecule has 0 unspecified atom stereocenters. The summed E-state index contributed by atoms with van der Waals surface area (Å²) >= 11 is 5.49. The Morgan fingerprint density at radius 3 is 2.50 bits per heavy atom. The van der Waals surface area contributed by atoms with Gasteiger partial charge in [0.1, 0.15) is 0 Å². The van der Waals surface area contributed by atoms with Gasteiger partial charge in [0.2, 0.25) is 0 Å². The number of methoxy groups -OCH3 is 1. The van der Waals surface area contributed by atoms with Crippen LogP contribution in [0.25, 0.3) is 0 Å². The molecular formula is C8H17ClN2O4S. The fraction of sp³-hybridized carbons (Fsp3) is 0.875. The standard InChI is InChI=1S/C8H17ClN2O4S/c1-11(7-5-3-4-6-9)16(13,14)10-8(12)15-2/h3-7H2,1-2H3,(H,10,12). The average molecular weight is 273 g/mol. The van der Waals surface area contributed by atoms with Gasteiger partial charge in [-0.15, -0.1) is 11.6 Å². The number of alkyl halides is 1. The second-order valence-corrected chi connectivity index (χ2v) is 5.33. The number of carbonyl (C=O) groups excluding carboxylic acids is 1. The Balaban J connectivity index is 4.05. The lowest BCUT2D eigenvalue weighted by Gasteiger charge is -2.16. The number of unbranched alkanes of at least 4 members (excludes halogenated alkanes) is 2. The zero-order chi connectivity index (χ0) is 12.6. The van der Waals surface area contributed by atoms with Crippen LogP contribution < -0.4 is 4.72 Å². The molecule has 8 heteroatoms. The topological polar surface area (TPSA) is 75.7 Å². The molecule has 0 aliphatic heterocycles. The van der Waals surface area contributed by atoms with Gasteiger partial charge in [-0.25, -0.2) is 9.52 Å². The van der Waals surface area contributed by atoms with Crippen LogP contribution in [-0.4, -0.2) is 45.4 Å². The zero-order valence-corrected chi connectivity index (χ0v) is 11.0. The molecule has 0 bridgehead atoms. The first-order valence-corrected chi connectivity index (χ1v) is 6.79. The van der Waals surface area contributed by atoms with Gasteiger partial charge in [0.05, 0.1) is 7.11 Å². The summed E-state index contributed by atoms with van der Waals surface area (Å²) in [7, 11) is -1.29. The molecule has 1 N–H and O–H groups in total. The predicted octanol–water partition coefficient (Wildman–Crippen LogP) is 0.928. The molecule has 0 saturated carbocycles. The molecule has 0 radical (unpaired) electrons. The summed E-state index contributed by atoms with van der Waals surface area (Å²) in [5.41, 5.74) is 0. The summed E-state index contributed by atoms with van der Waals surface area (Å²) in [6.07, 6.45) is 1.40. The highest BCUT2D eigenvalue weighted by Crippen LogP contribution is 2.02. The number of ether oxygens (including phenoxy) is 1. The lowest BCUT2D eigenvalue weighted by Crippen LogP contribution is -2.41. The largest absolute Gasteiger partial charge is 0.452 e. The van der Waals surface area contributed by atoms with Crippen molar-refractivity contribution >= 4 is 27.9 Å². The number of carbonyl (C=O) groups is 1. The van der Waals surface area contributed by atoms with Gasteiger partial charge in [0, 0.05) is 19.5 Å². The van der Waals surface area contributed by atoms with Gasteiger partial charge >= 0.3 is 16.3 Å². The maximum absolute atomic E-state index is 11.5. The minimum absolute atomic E-state index is 0.337. The summed E-state index contributed by atoms with van der Waals surface area (Å²) in [5, 5.41) is 0. The third-order valence-electron chi connectivity index (χ3n) is 1.91. The molecule has 96 valence electrons. The number of hydrogen-bond donors (Lipinski definition) is 1. The van der Waals surface area contributed by atoms with Crippen LogP contribution in [0.15, 0.2) is 0 Å². The quantitative estimate of drug-likeness (QED) is 0.553. The van der Waals surface area contributed by atoms with E-state index >= 15 is 0 Å². The summed E-state index contributed by atoms with van der Waals surface area (Å²) in [5.74, 6) is 0.566. The minimum Gasteiger partial charge on any atom is -0.452 e. The van der Waals surface area contributed by atoms with Crippen LogP contribution in [0.1, 0.15) is 19.3 Å². The highest BCUT2D eigenvalue weighted by molar-refractivity contribution is 7.87. The molecule has 0 saturated heterocycles. The summed E-state index contributed by atoms with van der Waals surface area (Å²) in [4.78, 5) is 10.8. The molecule has 0 heterocycles. The fourth-order valence-electron chi connectivity index (χ4n) is 0.951. The number of halogens is 1. The van der Waals surface area contributed by atoms with E-state index < -0.39 is 16.3 Å². The fourth-order valence-corrected chi connectivity index (χ4v) is 1.96. The van der Waals surface area contributed by atoms with Gasteiger partial charge in [-0.2, -0.15) is 12.7 Å².